The van der Waals surface area contributed by atoms with Crippen LogP contribution in [0.25, 0.3) is 0 Å². The highest BCUT2D eigenvalue weighted by Crippen LogP contribution is 2.19. The molecule has 38 heavy (non-hydrogen) atoms. The molecule has 0 spiro atoms. The van der Waals surface area contributed by atoms with Gasteiger partial charge in [0.25, 0.3) is 5.56 Å². The monoisotopic (exact) mass is 530 g/mol. The second-order valence-electron chi connectivity index (χ2n) is 10.4. The largest absolute Gasteiger partial charge is 0.478 e. The second-order valence-corrected chi connectivity index (χ2v) is 10.4. The normalized spacial score (nSPS) is 11.5. The van der Waals surface area contributed by atoms with Crippen molar-refractivity contribution in [3.05, 3.63) is 50.7 Å². The van der Waals surface area contributed by atoms with Crippen LogP contribution in [-0.4, -0.2) is 37.6 Å². The maximum atomic E-state index is 13.1. The molecule has 0 bridgehead atoms. The van der Waals surface area contributed by atoms with Gasteiger partial charge in [0.15, 0.2) is 5.60 Å². The Kier molecular flexibility index (Phi) is 13.1. The van der Waals surface area contributed by atoms with Crippen LogP contribution in [0.3, 0.4) is 0 Å². The first-order valence-corrected chi connectivity index (χ1v) is 14.2. The highest BCUT2D eigenvalue weighted by atomic mass is 16.5. The summed E-state index contributed by atoms with van der Waals surface area (Å²) in [5.41, 5.74) is -1.01. The van der Waals surface area contributed by atoms with Crippen LogP contribution in [-0.2, 0) is 24.3 Å². The van der Waals surface area contributed by atoms with Crippen molar-refractivity contribution < 1.29 is 14.6 Å². The Morgan fingerprint density at radius 3 is 2.08 bits per heavy atom. The molecule has 0 saturated heterocycles. The van der Waals surface area contributed by atoms with E-state index in [0.29, 0.717) is 31.8 Å². The summed E-state index contributed by atoms with van der Waals surface area (Å²) < 4.78 is 8.33. The quantitative estimate of drug-likeness (QED) is 0.239. The smallest absolute Gasteiger partial charge is 0.347 e. The van der Waals surface area contributed by atoms with Gasteiger partial charge in [-0.25, -0.2) is 14.3 Å². The average Bonchev–Trinajstić information content (AvgIpc) is 2.88. The number of benzene rings is 1. The van der Waals surface area contributed by atoms with Crippen LogP contribution in [0, 0.1) is 0 Å². The number of carboxylic acids is 1. The third kappa shape index (κ3) is 9.99. The lowest BCUT2D eigenvalue weighted by molar-refractivity contribution is -0.152. The second kappa shape index (κ2) is 16.0. The first-order chi connectivity index (χ1) is 18.2. The van der Waals surface area contributed by atoms with Crippen molar-refractivity contribution in [3.63, 3.8) is 0 Å². The third-order valence-electron chi connectivity index (χ3n) is 6.60. The zero-order chi connectivity index (χ0) is 28.0. The van der Waals surface area contributed by atoms with Crippen LogP contribution < -0.4 is 21.3 Å². The van der Waals surface area contributed by atoms with E-state index in [1.165, 1.54) is 29.5 Å². The third-order valence-corrected chi connectivity index (χ3v) is 6.60. The lowest BCUT2D eigenvalue weighted by atomic mass is 10.1. The highest BCUT2D eigenvalue weighted by Gasteiger charge is 2.29. The Morgan fingerprint density at radius 1 is 0.921 bits per heavy atom. The summed E-state index contributed by atoms with van der Waals surface area (Å²) in [6.45, 7) is 8.71. The Balaban J connectivity index is 2.07. The van der Waals surface area contributed by atoms with Crippen LogP contribution in [0.1, 0.15) is 97.5 Å². The van der Waals surface area contributed by atoms with Crippen molar-refractivity contribution in [2.75, 3.05) is 11.9 Å². The zero-order valence-corrected chi connectivity index (χ0v) is 23.6. The lowest BCUT2D eigenvalue weighted by Crippen LogP contribution is -2.43. The Bertz CT molecular complexity index is 1110. The van der Waals surface area contributed by atoms with Gasteiger partial charge in [-0.05, 0) is 50.8 Å². The molecule has 1 heterocycles. The highest BCUT2D eigenvalue weighted by molar-refractivity contribution is 5.76. The van der Waals surface area contributed by atoms with Crippen molar-refractivity contribution in [1.29, 1.82) is 0 Å². The maximum Gasteiger partial charge on any atom is 0.347 e. The van der Waals surface area contributed by atoms with Gasteiger partial charge in [0, 0.05) is 19.6 Å². The van der Waals surface area contributed by atoms with E-state index in [9.17, 15) is 19.5 Å². The van der Waals surface area contributed by atoms with Gasteiger partial charge in [0.05, 0.1) is 0 Å². The number of rotatable bonds is 19. The van der Waals surface area contributed by atoms with Crippen LogP contribution in [0.2, 0.25) is 0 Å². The fourth-order valence-electron chi connectivity index (χ4n) is 4.14. The van der Waals surface area contributed by atoms with E-state index < -0.39 is 11.6 Å². The molecular weight excluding hydrogens is 484 g/mol. The molecule has 0 aliphatic heterocycles. The molecule has 9 heteroatoms. The van der Waals surface area contributed by atoms with Gasteiger partial charge in [-0.15, -0.1) is 5.10 Å². The van der Waals surface area contributed by atoms with Crippen LogP contribution in [0.5, 0.6) is 5.75 Å². The molecule has 0 atom stereocenters. The molecule has 0 radical (unpaired) electrons. The van der Waals surface area contributed by atoms with E-state index in [0.717, 1.165) is 63.4 Å². The molecule has 0 fully saturated rings. The molecule has 0 aliphatic rings. The Labute approximate surface area is 226 Å². The molecule has 1 aromatic carbocycles. The number of carboxylic acid groups (broad SMARTS) is 1. The van der Waals surface area contributed by atoms with E-state index in [2.05, 4.69) is 24.3 Å². The van der Waals surface area contributed by atoms with E-state index >= 15 is 0 Å². The minimum absolute atomic E-state index is 0.204. The van der Waals surface area contributed by atoms with Crippen LogP contribution in [0.15, 0.2) is 33.9 Å². The topological polar surface area (TPSA) is 115 Å². The number of ether oxygens (including phenoxy) is 1. The zero-order valence-electron chi connectivity index (χ0n) is 23.6. The molecule has 2 N–H and O–H groups in total. The van der Waals surface area contributed by atoms with E-state index in [1.807, 2.05) is 12.1 Å². The summed E-state index contributed by atoms with van der Waals surface area (Å²) in [5.74, 6) is -0.356. The summed E-state index contributed by atoms with van der Waals surface area (Å²) in [4.78, 5) is 37.4. The number of carbonyl (C=O) groups is 1. The van der Waals surface area contributed by atoms with Gasteiger partial charge in [-0.3, -0.25) is 9.36 Å². The molecule has 0 unspecified atom stereocenters. The standard InChI is InChI=1S/C29H46N4O5/c1-5-7-9-11-13-21-32-26(34)25(31-33(28(32)37)22-14-12-10-8-6-2)30-20-19-23-15-17-24(18-16-23)38-29(3,4)27(35)36/h15-18H,5-14,19-22H2,1-4H3,(H,30,31)(H,35,36). The molecule has 0 saturated carbocycles. The molecule has 2 rings (SSSR count). The number of anilines is 1. The number of aryl methyl sites for hydroxylation is 1. The minimum Gasteiger partial charge on any atom is -0.478 e. The van der Waals surface area contributed by atoms with E-state index in [-0.39, 0.29) is 17.1 Å². The average molecular weight is 531 g/mol. The number of hydrogen-bond donors (Lipinski definition) is 2. The van der Waals surface area contributed by atoms with Gasteiger partial charge >= 0.3 is 11.7 Å². The molecule has 0 aliphatic carbocycles. The van der Waals surface area contributed by atoms with Crippen molar-refractivity contribution in [3.8, 4) is 5.75 Å². The van der Waals surface area contributed by atoms with E-state index in [4.69, 9.17) is 4.74 Å². The van der Waals surface area contributed by atoms with Crippen molar-refractivity contribution in [2.45, 2.75) is 117 Å². The molecular formula is C29H46N4O5. The van der Waals surface area contributed by atoms with Gasteiger partial charge in [0.1, 0.15) is 5.75 Å². The van der Waals surface area contributed by atoms with Crippen molar-refractivity contribution >= 4 is 11.8 Å². The maximum absolute atomic E-state index is 13.1. The van der Waals surface area contributed by atoms with Crippen molar-refractivity contribution in [1.82, 2.24) is 14.3 Å². The van der Waals surface area contributed by atoms with Gasteiger partial charge in [-0.1, -0.05) is 77.3 Å². The SMILES string of the molecule is CCCCCCCn1nc(NCCc2ccc(OC(C)(C)C(=O)O)cc2)c(=O)n(CCCCCCC)c1=O. The number of hydrogen-bond acceptors (Lipinski definition) is 6. The summed E-state index contributed by atoms with van der Waals surface area (Å²) in [6, 6.07) is 7.22. The number of aromatic nitrogens is 3. The molecule has 2 aromatic rings. The molecule has 0 amide bonds. The fraction of sp³-hybridized carbons (Fsp3) is 0.655. The molecule has 9 nitrogen and oxygen atoms in total. The van der Waals surface area contributed by atoms with Crippen molar-refractivity contribution in [2.24, 2.45) is 0 Å². The Morgan fingerprint density at radius 2 is 1.50 bits per heavy atom. The van der Waals surface area contributed by atoms with Gasteiger partial charge < -0.3 is 15.2 Å². The summed E-state index contributed by atoms with van der Waals surface area (Å²) >= 11 is 0. The number of aliphatic carboxylic acids is 1. The number of nitrogens with one attached hydrogen (secondary N) is 1. The molecule has 212 valence electrons. The predicted molar refractivity (Wildman–Crippen MR) is 151 cm³/mol. The number of unbranched alkanes of at least 4 members (excludes halogenated alkanes) is 8. The van der Waals surface area contributed by atoms with E-state index in [1.54, 1.807) is 12.1 Å². The van der Waals surface area contributed by atoms with Crippen LogP contribution in [0.4, 0.5) is 5.82 Å². The van der Waals surface area contributed by atoms with Gasteiger partial charge in [-0.2, -0.15) is 0 Å². The first kappa shape index (κ1) is 31.1. The van der Waals surface area contributed by atoms with Crippen LogP contribution >= 0.6 is 0 Å². The van der Waals surface area contributed by atoms with Gasteiger partial charge in [0.2, 0.25) is 5.82 Å². The first-order valence-electron chi connectivity index (χ1n) is 14.2. The number of nitrogens with zero attached hydrogens (tertiary/aromatic N) is 3. The summed E-state index contributed by atoms with van der Waals surface area (Å²) in [7, 11) is 0. The fourth-order valence-corrected chi connectivity index (χ4v) is 4.14. The lowest BCUT2D eigenvalue weighted by Gasteiger charge is -2.21. The summed E-state index contributed by atoms with van der Waals surface area (Å²) in [5, 5.41) is 16.8. The summed E-state index contributed by atoms with van der Waals surface area (Å²) in [6.07, 6.45) is 11.2. The minimum atomic E-state index is -1.32. The Hall–Kier alpha value is -3.10. The predicted octanol–water partition coefficient (Wildman–Crippen LogP) is 5.24. The molecule has 1 aromatic heterocycles.